The molecule has 0 spiro atoms. The lowest BCUT2D eigenvalue weighted by atomic mass is 9.77. The zero-order valence-corrected chi connectivity index (χ0v) is 15.4. The SMILES string of the molecule is CNc1ccc(C=C(CNC(C)=O)B2OC(C)(C)C(C)(C)O2)cc1. The molecule has 2 N–H and O–H groups in total. The smallest absolute Gasteiger partial charge is 0.400 e. The topological polar surface area (TPSA) is 59.6 Å². The van der Waals surface area contributed by atoms with Crippen molar-refractivity contribution in [1.82, 2.24) is 5.32 Å². The molecule has 6 heteroatoms. The number of carbonyl (C=O) groups is 1. The van der Waals surface area contributed by atoms with Crippen molar-refractivity contribution in [2.24, 2.45) is 0 Å². The minimum absolute atomic E-state index is 0.0806. The van der Waals surface area contributed by atoms with E-state index in [2.05, 4.69) is 10.6 Å². The van der Waals surface area contributed by atoms with Crippen LogP contribution < -0.4 is 10.6 Å². The van der Waals surface area contributed by atoms with E-state index in [4.69, 9.17) is 9.31 Å². The molecule has 1 fully saturated rings. The van der Waals surface area contributed by atoms with E-state index in [-0.39, 0.29) is 5.91 Å². The number of nitrogens with one attached hydrogen (secondary N) is 2. The fourth-order valence-electron chi connectivity index (χ4n) is 2.38. The van der Waals surface area contributed by atoms with E-state index >= 15 is 0 Å². The summed E-state index contributed by atoms with van der Waals surface area (Å²) < 4.78 is 12.2. The summed E-state index contributed by atoms with van der Waals surface area (Å²) in [5.74, 6) is -0.0806. The van der Waals surface area contributed by atoms with Crippen LogP contribution in [-0.4, -0.2) is 37.8 Å². The molecule has 2 rings (SSSR count). The van der Waals surface area contributed by atoms with E-state index in [0.29, 0.717) is 6.54 Å². The highest BCUT2D eigenvalue weighted by Crippen LogP contribution is 2.38. The van der Waals surface area contributed by atoms with Gasteiger partial charge in [0.2, 0.25) is 5.91 Å². The molecule has 1 aromatic carbocycles. The molecule has 130 valence electrons. The fourth-order valence-corrected chi connectivity index (χ4v) is 2.38. The highest BCUT2D eigenvalue weighted by Gasteiger charge is 2.52. The molecule has 0 aliphatic carbocycles. The maximum Gasteiger partial charge on any atom is 0.492 e. The number of hydrogen-bond donors (Lipinski definition) is 2. The molecule has 0 aromatic heterocycles. The van der Waals surface area contributed by atoms with Crippen molar-refractivity contribution in [2.45, 2.75) is 45.8 Å². The van der Waals surface area contributed by atoms with E-state index in [0.717, 1.165) is 16.7 Å². The van der Waals surface area contributed by atoms with Crippen molar-refractivity contribution in [1.29, 1.82) is 0 Å². The summed E-state index contributed by atoms with van der Waals surface area (Å²) in [6.07, 6.45) is 2.01. The van der Waals surface area contributed by atoms with Crippen LogP contribution in [0.2, 0.25) is 0 Å². The van der Waals surface area contributed by atoms with Crippen LogP contribution in [0.5, 0.6) is 0 Å². The lowest BCUT2D eigenvalue weighted by Gasteiger charge is -2.32. The van der Waals surface area contributed by atoms with E-state index in [9.17, 15) is 4.79 Å². The van der Waals surface area contributed by atoms with Gasteiger partial charge in [-0.1, -0.05) is 18.2 Å². The summed E-state index contributed by atoms with van der Waals surface area (Å²) in [4.78, 5) is 11.3. The Morgan fingerprint density at radius 2 is 1.67 bits per heavy atom. The van der Waals surface area contributed by atoms with Gasteiger partial charge in [0.25, 0.3) is 0 Å². The predicted molar refractivity (Wildman–Crippen MR) is 98.7 cm³/mol. The molecule has 0 bridgehead atoms. The first kappa shape index (κ1) is 18.6. The summed E-state index contributed by atoms with van der Waals surface area (Å²) >= 11 is 0. The van der Waals surface area contributed by atoms with E-state index < -0.39 is 18.3 Å². The molecule has 5 nitrogen and oxygen atoms in total. The first-order valence-electron chi connectivity index (χ1n) is 8.23. The molecule has 24 heavy (non-hydrogen) atoms. The molecule has 1 aliphatic rings. The molecule has 1 heterocycles. The normalized spacial score (nSPS) is 19.2. The number of anilines is 1. The molecule has 0 radical (unpaired) electrons. The van der Waals surface area contributed by atoms with Gasteiger partial charge < -0.3 is 19.9 Å². The monoisotopic (exact) mass is 330 g/mol. The summed E-state index contributed by atoms with van der Waals surface area (Å²) in [5, 5.41) is 5.94. The summed E-state index contributed by atoms with van der Waals surface area (Å²) in [5.41, 5.74) is 2.14. The summed E-state index contributed by atoms with van der Waals surface area (Å²) in [7, 11) is 1.41. The maximum absolute atomic E-state index is 11.3. The quantitative estimate of drug-likeness (QED) is 0.815. The second-order valence-corrected chi connectivity index (χ2v) is 7.09. The first-order valence-corrected chi connectivity index (χ1v) is 8.23. The van der Waals surface area contributed by atoms with Crippen LogP contribution in [0.1, 0.15) is 40.2 Å². The van der Waals surface area contributed by atoms with Gasteiger partial charge in [0.15, 0.2) is 0 Å². The molecular formula is C18H27BN2O3. The average molecular weight is 330 g/mol. The largest absolute Gasteiger partial charge is 0.492 e. The fraction of sp³-hybridized carbons (Fsp3) is 0.500. The Kier molecular flexibility index (Phi) is 5.40. The van der Waals surface area contributed by atoms with Gasteiger partial charge in [0, 0.05) is 26.2 Å². The molecule has 1 saturated heterocycles. The lowest BCUT2D eigenvalue weighted by Crippen LogP contribution is -2.41. The van der Waals surface area contributed by atoms with Gasteiger partial charge in [-0.2, -0.15) is 0 Å². The number of benzene rings is 1. The Hall–Kier alpha value is -1.79. The molecule has 1 amide bonds. The minimum atomic E-state index is -0.481. The number of carbonyl (C=O) groups excluding carboxylic acids is 1. The van der Waals surface area contributed by atoms with Crippen molar-refractivity contribution < 1.29 is 14.1 Å². The summed E-state index contributed by atoms with van der Waals surface area (Å²) in [6.45, 7) is 9.97. The van der Waals surface area contributed by atoms with Crippen LogP contribution >= 0.6 is 0 Å². The summed E-state index contributed by atoms with van der Waals surface area (Å²) in [6, 6.07) is 8.05. The Bertz CT molecular complexity index is 608. The van der Waals surface area contributed by atoms with Gasteiger partial charge in [-0.3, -0.25) is 4.79 Å². The molecule has 0 unspecified atom stereocenters. The van der Waals surface area contributed by atoms with Gasteiger partial charge in [-0.15, -0.1) is 0 Å². The average Bonchev–Trinajstić information content (AvgIpc) is 2.72. The Morgan fingerprint density at radius 1 is 1.12 bits per heavy atom. The Labute approximate surface area is 144 Å². The Balaban J connectivity index is 2.27. The third-order valence-electron chi connectivity index (χ3n) is 4.65. The van der Waals surface area contributed by atoms with Crippen LogP contribution in [0.4, 0.5) is 5.69 Å². The predicted octanol–water partition coefficient (Wildman–Crippen LogP) is 2.88. The van der Waals surface area contributed by atoms with Crippen molar-refractivity contribution in [3.05, 3.63) is 35.3 Å². The van der Waals surface area contributed by atoms with Crippen LogP contribution in [0.25, 0.3) is 6.08 Å². The van der Waals surface area contributed by atoms with E-state index in [1.54, 1.807) is 0 Å². The molecule has 0 atom stereocenters. The van der Waals surface area contributed by atoms with Gasteiger partial charge >= 0.3 is 7.12 Å². The Morgan fingerprint density at radius 3 is 2.12 bits per heavy atom. The van der Waals surface area contributed by atoms with Gasteiger partial charge in [-0.25, -0.2) is 0 Å². The third-order valence-corrected chi connectivity index (χ3v) is 4.65. The highest BCUT2D eigenvalue weighted by atomic mass is 16.7. The zero-order chi connectivity index (χ0) is 18.0. The second kappa shape index (κ2) is 6.99. The third kappa shape index (κ3) is 4.19. The van der Waals surface area contributed by atoms with Crippen LogP contribution in [0, 0.1) is 0 Å². The standard InChI is InChI=1S/C18H27BN2O3/c1-13(22)21-12-15(11-14-7-9-16(20-6)10-8-14)19-23-17(2,3)18(4,5)24-19/h7-11,20H,12H2,1-6H3,(H,21,22). The van der Waals surface area contributed by atoms with Gasteiger partial charge in [0.1, 0.15) is 0 Å². The van der Waals surface area contributed by atoms with Crippen molar-refractivity contribution in [3.8, 4) is 0 Å². The molecule has 1 aromatic rings. The van der Waals surface area contributed by atoms with Crippen LogP contribution in [0.15, 0.2) is 29.7 Å². The van der Waals surface area contributed by atoms with E-state index in [1.165, 1.54) is 6.92 Å². The number of rotatable bonds is 5. The van der Waals surface area contributed by atoms with Crippen LogP contribution in [-0.2, 0) is 14.1 Å². The molecule has 0 saturated carbocycles. The number of hydrogen-bond acceptors (Lipinski definition) is 4. The zero-order valence-electron chi connectivity index (χ0n) is 15.4. The lowest BCUT2D eigenvalue weighted by molar-refractivity contribution is -0.118. The minimum Gasteiger partial charge on any atom is -0.400 e. The van der Waals surface area contributed by atoms with E-state index in [1.807, 2.05) is 65.1 Å². The van der Waals surface area contributed by atoms with Gasteiger partial charge in [0.05, 0.1) is 11.2 Å². The second-order valence-electron chi connectivity index (χ2n) is 7.09. The first-order chi connectivity index (χ1) is 11.1. The van der Waals surface area contributed by atoms with Crippen molar-refractivity contribution in [2.75, 3.05) is 18.9 Å². The van der Waals surface area contributed by atoms with Crippen molar-refractivity contribution >= 4 is 24.8 Å². The molecular weight excluding hydrogens is 303 g/mol. The molecule has 1 aliphatic heterocycles. The van der Waals surface area contributed by atoms with Crippen LogP contribution in [0.3, 0.4) is 0 Å². The maximum atomic E-state index is 11.3. The highest BCUT2D eigenvalue weighted by molar-refractivity contribution is 6.56. The van der Waals surface area contributed by atoms with Crippen molar-refractivity contribution in [3.63, 3.8) is 0 Å². The van der Waals surface area contributed by atoms with Gasteiger partial charge in [-0.05, 0) is 50.9 Å². The number of amides is 1.